The first-order valence-corrected chi connectivity index (χ1v) is 18.7. The SMILES string of the molecule is CNC(C)C(O)COC1CCC2CN(C[C@@H](O)CNC(=O)C3CC(NC4CCN(C(C)=O)CC4)NC(N(C)C4CCC4)C3)CCC2C1. The van der Waals surface area contributed by atoms with E-state index in [-0.39, 0.29) is 48.8 Å². The Hall–Kier alpha value is -1.38. The van der Waals surface area contributed by atoms with E-state index in [0.717, 1.165) is 77.5 Å². The van der Waals surface area contributed by atoms with Crippen molar-refractivity contribution in [2.75, 3.05) is 60.0 Å². The Balaban J connectivity index is 1.05. The van der Waals surface area contributed by atoms with Crippen LogP contribution in [0.5, 0.6) is 0 Å². The minimum atomic E-state index is -0.596. The lowest BCUT2D eigenvalue weighted by molar-refractivity contribution is -0.130. The van der Waals surface area contributed by atoms with Crippen LogP contribution in [0.25, 0.3) is 0 Å². The second kappa shape index (κ2) is 17.5. The number of carbonyl (C=O) groups is 2. The number of hydrogen-bond acceptors (Lipinski definition) is 10. The Kier molecular flexibility index (Phi) is 13.7. The summed E-state index contributed by atoms with van der Waals surface area (Å²) in [5.41, 5.74) is 0. The zero-order chi connectivity index (χ0) is 33.5. The molecule has 12 nitrogen and oxygen atoms in total. The second-order valence-electron chi connectivity index (χ2n) is 15.5. The summed E-state index contributed by atoms with van der Waals surface area (Å²) in [6.07, 6.45) is 10.6. The van der Waals surface area contributed by atoms with E-state index < -0.39 is 12.2 Å². The van der Waals surface area contributed by atoms with Crippen molar-refractivity contribution in [1.82, 2.24) is 36.0 Å². The molecule has 8 unspecified atom stereocenters. The average Bonchev–Trinajstić information content (AvgIpc) is 3.04. The van der Waals surface area contributed by atoms with E-state index in [0.29, 0.717) is 37.1 Å². The molecule has 9 atom stereocenters. The number of aliphatic hydroxyl groups excluding tert-OH is 2. The van der Waals surface area contributed by atoms with Gasteiger partial charge in [-0.25, -0.2) is 0 Å². The van der Waals surface area contributed by atoms with Gasteiger partial charge in [0.25, 0.3) is 0 Å². The molecule has 47 heavy (non-hydrogen) atoms. The first-order chi connectivity index (χ1) is 22.6. The zero-order valence-electron chi connectivity index (χ0n) is 29.5. The van der Waals surface area contributed by atoms with Crippen LogP contribution in [0.2, 0.25) is 0 Å². The summed E-state index contributed by atoms with van der Waals surface area (Å²) in [5.74, 6) is 1.31. The third-order valence-electron chi connectivity index (χ3n) is 12.2. The molecule has 3 heterocycles. The lowest BCUT2D eigenvalue weighted by Crippen LogP contribution is -2.63. The topological polar surface area (TPSA) is 142 Å². The number of nitrogens with zero attached hydrogens (tertiary/aromatic N) is 3. The summed E-state index contributed by atoms with van der Waals surface area (Å²) < 4.78 is 6.10. The maximum Gasteiger partial charge on any atom is 0.223 e. The van der Waals surface area contributed by atoms with Gasteiger partial charge in [-0.15, -0.1) is 0 Å². The average molecular weight is 664 g/mol. The third kappa shape index (κ3) is 10.3. The molecule has 270 valence electrons. The number of likely N-dealkylation sites (tertiary alicyclic amines) is 2. The van der Waals surface area contributed by atoms with Crippen LogP contribution in [-0.4, -0.2) is 145 Å². The van der Waals surface area contributed by atoms with Gasteiger partial charge in [0.2, 0.25) is 11.8 Å². The van der Waals surface area contributed by atoms with Gasteiger partial charge in [-0.2, -0.15) is 0 Å². The van der Waals surface area contributed by atoms with Gasteiger partial charge >= 0.3 is 0 Å². The van der Waals surface area contributed by atoms with Gasteiger partial charge in [-0.05, 0) is 104 Å². The molecule has 6 N–H and O–H groups in total. The number of aliphatic hydroxyl groups is 2. The zero-order valence-corrected chi connectivity index (χ0v) is 29.5. The fourth-order valence-corrected chi connectivity index (χ4v) is 8.59. The van der Waals surface area contributed by atoms with Gasteiger partial charge in [0.15, 0.2) is 0 Å². The lowest BCUT2D eigenvalue weighted by atomic mass is 9.74. The fraction of sp³-hybridized carbons (Fsp3) is 0.943. The summed E-state index contributed by atoms with van der Waals surface area (Å²) in [4.78, 5) is 32.1. The molecule has 2 saturated carbocycles. The van der Waals surface area contributed by atoms with Crippen LogP contribution in [0, 0.1) is 17.8 Å². The molecule has 5 aliphatic rings. The number of hydrogen-bond donors (Lipinski definition) is 6. The van der Waals surface area contributed by atoms with Crippen molar-refractivity contribution in [3.05, 3.63) is 0 Å². The molecule has 3 saturated heterocycles. The van der Waals surface area contributed by atoms with Crippen LogP contribution >= 0.6 is 0 Å². The molecule has 0 aromatic heterocycles. The van der Waals surface area contributed by atoms with Crippen molar-refractivity contribution in [1.29, 1.82) is 0 Å². The number of piperidine rings is 3. The molecule has 0 bridgehead atoms. The Morgan fingerprint density at radius 2 is 1.77 bits per heavy atom. The lowest BCUT2D eigenvalue weighted by Gasteiger charge is -2.46. The molecule has 3 aliphatic heterocycles. The number of β-amino-alcohol motifs (C(OH)–C–C–N with tert-alkyl or cyclic N) is 1. The molecule has 0 aromatic rings. The van der Waals surface area contributed by atoms with Crippen LogP contribution in [0.4, 0.5) is 0 Å². The van der Waals surface area contributed by atoms with Crippen LogP contribution in [0.3, 0.4) is 0 Å². The predicted molar refractivity (Wildman–Crippen MR) is 182 cm³/mol. The van der Waals surface area contributed by atoms with Crippen molar-refractivity contribution in [3.63, 3.8) is 0 Å². The molecular formula is C35H65N7O5. The maximum atomic E-state index is 13.6. The minimum absolute atomic E-state index is 0.0172. The Bertz CT molecular complexity index is 995. The molecule has 0 radical (unpaired) electrons. The molecule has 5 rings (SSSR count). The third-order valence-corrected chi connectivity index (χ3v) is 12.2. The largest absolute Gasteiger partial charge is 0.390 e. The quantitative estimate of drug-likeness (QED) is 0.157. The van der Waals surface area contributed by atoms with Crippen LogP contribution in [0.15, 0.2) is 0 Å². The van der Waals surface area contributed by atoms with E-state index in [1.54, 1.807) is 6.92 Å². The summed E-state index contributed by atoms with van der Waals surface area (Å²) in [5, 5.41) is 35.0. The van der Waals surface area contributed by atoms with E-state index in [2.05, 4.69) is 38.1 Å². The number of amides is 2. The Morgan fingerprint density at radius 1 is 1.00 bits per heavy atom. The van der Waals surface area contributed by atoms with Crippen molar-refractivity contribution in [2.45, 2.75) is 133 Å². The smallest absolute Gasteiger partial charge is 0.223 e. The van der Waals surface area contributed by atoms with E-state index in [1.807, 2.05) is 18.9 Å². The van der Waals surface area contributed by atoms with Crippen molar-refractivity contribution >= 4 is 11.8 Å². The molecular weight excluding hydrogens is 598 g/mol. The van der Waals surface area contributed by atoms with Gasteiger partial charge in [0.1, 0.15) is 0 Å². The van der Waals surface area contributed by atoms with E-state index >= 15 is 0 Å². The standard InChI is InChI=1S/C35H65N7O5/c1-23(36-3)32(45)22-47-31-9-8-26-20-41(13-10-25(26)16-31)21-30(44)19-37-35(46)27-17-33(38-28-11-14-42(15-12-28)24(2)43)39-34(18-27)40(4)29-6-5-7-29/h23,25-34,36,38-39,44-45H,5-22H2,1-4H3,(H,37,46)/t23?,25?,26?,27?,30-,31?,32?,33?,34?/m0/s1. The van der Waals surface area contributed by atoms with Gasteiger partial charge < -0.3 is 35.4 Å². The maximum absolute atomic E-state index is 13.6. The van der Waals surface area contributed by atoms with Gasteiger partial charge in [0, 0.05) is 63.7 Å². The fourth-order valence-electron chi connectivity index (χ4n) is 8.59. The van der Waals surface area contributed by atoms with Crippen LogP contribution in [0.1, 0.15) is 84.5 Å². The molecule has 2 aliphatic carbocycles. The number of carbonyl (C=O) groups excluding carboxylic acids is 2. The predicted octanol–water partition coefficient (Wildman–Crippen LogP) is 0.676. The van der Waals surface area contributed by atoms with E-state index in [1.165, 1.54) is 19.3 Å². The number of nitrogens with one attached hydrogen (secondary N) is 4. The number of rotatable bonds is 14. The van der Waals surface area contributed by atoms with E-state index in [9.17, 15) is 19.8 Å². The summed E-state index contributed by atoms with van der Waals surface area (Å²) >= 11 is 0. The molecule has 2 amide bonds. The normalized spacial score (nSPS) is 33.1. The van der Waals surface area contributed by atoms with Crippen molar-refractivity contribution in [3.8, 4) is 0 Å². The molecule has 12 heteroatoms. The van der Waals surface area contributed by atoms with Gasteiger partial charge in [-0.3, -0.25) is 25.1 Å². The monoisotopic (exact) mass is 664 g/mol. The molecule has 5 fully saturated rings. The highest BCUT2D eigenvalue weighted by atomic mass is 16.5. The Labute approximate surface area is 283 Å². The van der Waals surface area contributed by atoms with Crippen LogP contribution < -0.4 is 21.3 Å². The van der Waals surface area contributed by atoms with Gasteiger partial charge in [-0.1, -0.05) is 6.42 Å². The number of likely N-dealkylation sites (N-methyl/N-ethyl adjacent to an activating group) is 1. The van der Waals surface area contributed by atoms with Crippen LogP contribution in [-0.2, 0) is 14.3 Å². The number of ether oxygens (including phenoxy) is 1. The summed E-state index contributed by atoms with van der Waals surface area (Å²) in [7, 11) is 4.04. The first-order valence-electron chi connectivity index (χ1n) is 18.7. The Morgan fingerprint density at radius 3 is 2.45 bits per heavy atom. The number of fused-ring (bicyclic) bond motifs is 1. The molecule has 0 spiro atoms. The van der Waals surface area contributed by atoms with Crippen molar-refractivity contribution in [2.24, 2.45) is 17.8 Å². The molecule has 0 aromatic carbocycles. The minimum Gasteiger partial charge on any atom is -0.390 e. The highest BCUT2D eigenvalue weighted by Crippen LogP contribution is 2.37. The van der Waals surface area contributed by atoms with E-state index in [4.69, 9.17) is 4.74 Å². The second-order valence-corrected chi connectivity index (χ2v) is 15.5. The van der Waals surface area contributed by atoms with Crippen molar-refractivity contribution < 1.29 is 24.5 Å². The first kappa shape index (κ1) is 36.9. The van der Waals surface area contributed by atoms with Gasteiger partial charge in [0.05, 0.1) is 37.3 Å². The summed E-state index contributed by atoms with van der Waals surface area (Å²) in [6.45, 7) is 8.36. The highest BCUT2D eigenvalue weighted by Gasteiger charge is 2.39. The highest BCUT2D eigenvalue weighted by molar-refractivity contribution is 5.78. The summed E-state index contributed by atoms with van der Waals surface area (Å²) in [6, 6.07) is 0.916.